The topological polar surface area (TPSA) is 78.5 Å². The molecule has 0 unspecified atom stereocenters. The number of benzene rings is 3. The van der Waals surface area contributed by atoms with E-state index in [-0.39, 0.29) is 17.7 Å². The molecular weight excluding hydrogens is 486 g/mol. The standard InChI is InChI=1S/C33H40N3O3/c1-5-19-36(20-6-2)33(39)28-14-10-13-27(23-28)32(38)35-30(22-26-11-8-7-9-12-26)21-25(4)31(37)34-29-17-15-24(3)16-18-29/h7-18,21,23,25,30H,5-6,19-20,22H2,1-4H3,(H,34,37)(H,35,38)/t25-,30+/m0/s1. The van der Waals surface area contributed by atoms with Gasteiger partial charge in [0.05, 0.1) is 0 Å². The molecule has 2 N–H and O–H groups in total. The number of carbonyl (C=O) groups excluding carboxylic acids is 3. The van der Waals surface area contributed by atoms with E-state index in [0.29, 0.717) is 30.6 Å². The van der Waals surface area contributed by atoms with E-state index in [1.165, 1.54) is 0 Å². The Balaban J connectivity index is 1.74. The fraction of sp³-hybridized carbons (Fsp3) is 0.333. The Morgan fingerprint density at radius 1 is 0.846 bits per heavy atom. The van der Waals surface area contributed by atoms with Gasteiger partial charge in [0.25, 0.3) is 11.8 Å². The summed E-state index contributed by atoms with van der Waals surface area (Å²) in [5, 5.41) is 6.03. The molecule has 0 saturated heterocycles. The molecule has 0 aliphatic carbocycles. The van der Waals surface area contributed by atoms with Crippen LogP contribution in [0.5, 0.6) is 0 Å². The third kappa shape index (κ3) is 9.10. The van der Waals surface area contributed by atoms with Crippen molar-refractivity contribution >= 4 is 23.4 Å². The lowest BCUT2D eigenvalue weighted by molar-refractivity contribution is -0.118. The number of carbonyl (C=O) groups is 3. The highest BCUT2D eigenvalue weighted by Gasteiger charge is 2.23. The average Bonchev–Trinajstić information content (AvgIpc) is 2.94. The summed E-state index contributed by atoms with van der Waals surface area (Å²) in [4.78, 5) is 41.2. The van der Waals surface area contributed by atoms with E-state index in [9.17, 15) is 14.4 Å². The summed E-state index contributed by atoms with van der Waals surface area (Å²) in [5.74, 6) is -0.955. The lowest BCUT2D eigenvalue weighted by Crippen LogP contribution is -2.40. The maximum atomic E-state index is 13.4. The van der Waals surface area contributed by atoms with Crippen LogP contribution in [0.2, 0.25) is 0 Å². The van der Waals surface area contributed by atoms with Crippen molar-refractivity contribution in [2.45, 2.75) is 53.0 Å². The maximum absolute atomic E-state index is 13.4. The van der Waals surface area contributed by atoms with Crippen LogP contribution in [-0.2, 0) is 11.2 Å². The summed E-state index contributed by atoms with van der Waals surface area (Å²) in [7, 11) is 0. The van der Waals surface area contributed by atoms with Gasteiger partial charge in [-0.3, -0.25) is 14.4 Å². The van der Waals surface area contributed by atoms with Gasteiger partial charge < -0.3 is 15.5 Å². The molecule has 0 saturated carbocycles. The second-order valence-electron chi connectivity index (χ2n) is 9.98. The van der Waals surface area contributed by atoms with E-state index >= 15 is 0 Å². The summed E-state index contributed by atoms with van der Waals surface area (Å²) >= 11 is 0. The second kappa shape index (κ2) is 14.9. The minimum atomic E-state index is -0.454. The third-order valence-electron chi connectivity index (χ3n) is 6.51. The Morgan fingerprint density at radius 2 is 1.49 bits per heavy atom. The number of amides is 3. The smallest absolute Gasteiger partial charge is 0.253 e. The molecule has 0 aliphatic heterocycles. The number of rotatable bonds is 13. The molecule has 3 amide bonds. The Hall–Kier alpha value is -3.93. The number of aryl methyl sites for hydroxylation is 1. The van der Waals surface area contributed by atoms with Crippen LogP contribution in [-0.4, -0.2) is 41.8 Å². The molecule has 0 bridgehead atoms. The first kappa shape index (κ1) is 29.6. The molecule has 2 atom stereocenters. The molecule has 0 aliphatic rings. The number of hydrogen-bond donors (Lipinski definition) is 2. The molecule has 3 rings (SSSR count). The van der Waals surface area contributed by atoms with Crippen LogP contribution in [0.3, 0.4) is 0 Å². The normalized spacial score (nSPS) is 12.3. The maximum Gasteiger partial charge on any atom is 0.253 e. The van der Waals surface area contributed by atoms with Crippen LogP contribution in [0, 0.1) is 19.3 Å². The van der Waals surface area contributed by atoms with Gasteiger partial charge in [0.15, 0.2) is 0 Å². The molecule has 0 heterocycles. The van der Waals surface area contributed by atoms with Gasteiger partial charge in [-0.25, -0.2) is 0 Å². The fourth-order valence-corrected chi connectivity index (χ4v) is 4.45. The van der Waals surface area contributed by atoms with Gasteiger partial charge >= 0.3 is 0 Å². The molecular formula is C33H40N3O3. The molecule has 1 radical (unpaired) electrons. The van der Waals surface area contributed by atoms with E-state index < -0.39 is 12.0 Å². The average molecular weight is 527 g/mol. The predicted molar refractivity (Wildman–Crippen MR) is 158 cm³/mol. The van der Waals surface area contributed by atoms with E-state index in [4.69, 9.17) is 0 Å². The Bertz CT molecular complexity index is 1220. The zero-order chi connectivity index (χ0) is 28.2. The predicted octanol–water partition coefficient (Wildman–Crippen LogP) is 6.08. The highest BCUT2D eigenvalue weighted by atomic mass is 16.2. The molecule has 205 valence electrons. The van der Waals surface area contributed by atoms with Crippen LogP contribution >= 0.6 is 0 Å². The van der Waals surface area contributed by atoms with Crippen molar-refractivity contribution in [1.82, 2.24) is 10.2 Å². The summed E-state index contributed by atoms with van der Waals surface area (Å²) < 4.78 is 0. The van der Waals surface area contributed by atoms with Gasteiger partial charge in [-0.1, -0.05) is 74.9 Å². The van der Waals surface area contributed by atoms with E-state index in [0.717, 1.165) is 29.7 Å². The highest BCUT2D eigenvalue weighted by molar-refractivity contribution is 6.00. The zero-order valence-electron chi connectivity index (χ0n) is 23.4. The first-order valence-electron chi connectivity index (χ1n) is 13.8. The van der Waals surface area contributed by atoms with E-state index in [1.807, 2.05) is 93.6 Å². The first-order chi connectivity index (χ1) is 18.8. The third-order valence-corrected chi connectivity index (χ3v) is 6.51. The van der Waals surface area contributed by atoms with Crippen LogP contribution in [0.1, 0.15) is 65.5 Å². The summed E-state index contributed by atoms with van der Waals surface area (Å²) in [6.45, 7) is 9.27. The fourth-order valence-electron chi connectivity index (χ4n) is 4.45. The van der Waals surface area contributed by atoms with Gasteiger partial charge in [0.2, 0.25) is 5.91 Å². The zero-order valence-corrected chi connectivity index (χ0v) is 23.4. The molecule has 6 nitrogen and oxygen atoms in total. The number of hydrogen-bond acceptors (Lipinski definition) is 3. The molecule has 0 aromatic heterocycles. The lowest BCUT2D eigenvalue weighted by Gasteiger charge is -2.23. The molecule has 3 aromatic carbocycles. The number of anilines is 1. The minimum absolute atomic E-state index is 0.0675. The van der Waals surface area contributed by atoms with Crippen molar-refractivity contribution in [3.63, 3.8) is 0 Å². The molecule has 39 heavy (non-hydrogen) atoms. The molecule has 6 heteroatoms. The summed E-state index contributed by atoms with van der Waals surface area (Å²) in [5.41, 5.74) is 3.81. The molecule has 0 spiro atoms. The summed E-state index contributed by atoms with van der Waals surface area (Å²) in [6.07, 6.45) is 4.15. The van der Waals surface area contributed by atoms with E-state index in [2.05, 4.69) is 10.6 Å². The Kier molecular flexibility index (Phi) is 11.3. The Labute approximate surface area is 232 Å². The second-order valence-corrected chi connectivity index (χ2v) is 9.98. The van der Waals surface area contributed by atoms with Gasteiger partial charge in [0, 0.05) is 41.9 Å². The number of nitrogens with zero attached hydrogens (tertiary/aromatic N) is 1. The van der Waals surface area contributed by atoms with Crippen LogP contribution in [0.4, 0.5) is 5.69 Å². The lowest BCUT2D eigenvalue weighted by atomic mass is 9.95. The van der Waals surface area contributed by atoms with Gasteiger partial charge in [-0.05, 0) is 68.5 Å². The van der Waals surface area contributed by atoms with Crippen LogP contribution in [0.15, 0.2) is 78.9 Å². The summed E-state index contributed by atoms with van der Waals surface area (Å²) in [6, 6.07) is 24.0. The highest BCUT2D eigenvalue weighted by Crippen LogP contribution is 2.16. The van der Waals surface area contributed by atoms with Crippen LogP contribution < -0.4 is 10.6 Å². The molecule has 3 aromatic rings. The van der Waals surface area contributed by atoms with Gasteiger partial charge in [-0.2, -0.15) is 0 Å². The van der Waals surface area contributed by atoms with E-state index in [1.54, 1.807) is 24.3 Å². The minimum Gasteiger partial charge on any atom is -0.349 e. The van der Waals surface area contributed by atoms with Crippen molar-refractivity contribution in [3.05, 3.63) is 108 Å². The monoisotopic (exact) mass is 526 g/mol. The first-order valence-corrected chi connectivity index (χ1v) is 13.8. The molecule has 0 fully saturated rings. The van der Waals surface area contributed by atoms with Crippen molar-refractivity contribution in [2.75, 3.05) is 18.4 Å². The van der Waals surface area contributed by atoms with Crippen molar-refractivity contribution in [3.8, 4) is 0 Å². The number of nitrogens with one attached hydrogen (secondary N) is 2. The largest absolute Gasteiger partial charge is 0.349 e. The van der Waals surface area contributed by atoms with Crippen molar-refractivity contribution in [1.29, 1.82) is 0 Å². The van der Waals surface area contributed by atoms with Crippen molar-refractivity contribution < 1.29 is 14.4 Å². The van der Waals surface area contributed by atoms with Crippen LogP contribution in [0.25, 0.3) is 0 Å². The van der Waals surface area contributed by atoms with Crippen molar-refractivity contribution in [2.24, 2.45) is 5.92 Å². The quantitative estimate of drug-likeness (QED) is 0.283. The van der Waals surface area contributed by atoms with Gasteiger partial charge in [0.1, 0.15) is 0 Å². The Morgan fingerprint density at radius 3 is 2.13 bits per heavy atom. The van der Waals surface area contributed by atoms with Gasteiger partial charge in [-0.15, -0.1) is 0 Å². The SMILES string of the molecule is CCCN(CCC)C(=O)c1cccc(C(=O)N[C@H]([CH][C@H](C)C(=O)Nc2ccc(C)cc2)Cc2ccccc2)c1.